The summed E-state index contributed by atoms with van der Waals surface area (Å²) in [6, 6.07) is 9.15. The van der Waals surface area contributed by atoms with Crippen molar-refractivity contribution < 1.29 is 8.42 Å². The highest BCUT2D eigenvalue weighted by Crippen LogP contribution is 2.40. The molecule has 4 nitrogen and oxygen atoms in total. The molecule has 1 unspecified atom stereocenters. The molecule has 20 heavy (non-hydrogen) atoms. The number of piperidine rings is 1. The summed E-state index contributed by atoms with van der Waals surface area (Å²) in [5.41, 5.74) is 1.96. The number of nitrogens with zero attached hydrogens (tertiary/aromatic N) is 1. The predicted octanol–water partition coefficient (Wildman–Crippen LogP) is 2.75. The van der Waals surface area contributed by atoms with E-state index in [-0.39, 0.29) is 0 Å². The number of benzene rings is 1. The number of sulfonamides is 1. The van der Waals surface area contributed by atoms with Gasteiger partial charge in [0, 0.05) is 17.8 Å². The van der Waals surface area contributed by atoms with Crippen LogP contribution in [0.5, 0.6) is 0 Å². The van der Waals surface area contributed by atoms with Crippen LogP contribution in [0.15, 0.2) is 24.3 Å². The maximum Gasteiger partial charge on any atom is 0.229 e. The lowest BCUT2D eigenvalue weighted by atomic mass is 10.0. The second-order valence-electron chi connectivity index (χ2n) is 5.98. The molecule has 5 heteroatoms. The molecule has 0 spiro atoms. The highest BCUT2D eigenvalue weighted by Gasteiger charge is 2.35. The minimum atomic E-state index is -3.19. The SMILES string of the molecule is CS(=O)(=O)Nc1ccc([C@H]2CCC3CCCCN32)cc1. The maximum absolute atomic E-state index is 11.2. The standard InChI is InChI=1S/C15H22N2O2S/c1-20(18,19)16-13-7-5-12(6-8-13)15-10-9-14-4-2-3-11-17(14)15/h5-8,14-16H,2-4,9-11H2,1H3/t14?,15-/m1/s1. The van der Waals surface area contributed by atoms with Gasteiger partial charge in [-0.2, -0.15) is 0 Å². The third-order valence-electron chi connectivity index (χ3n) is 4.45. The first-order chi connectivity index (χ1) is 9.53. The molecule has 2 aliphatic rings. The van der Waals surface area contributed by atoms with Crippen molar-refractivity contribution in [1.29, 1.82) is 0 Å². The van der Waals surface area contributed by atoms with E-state index in [9.17, 15) is 8.42 Å². The quantitative estimate of drug-likeness (QED) is 0.932. The van der Waals surface area contributed by atoms with Gasteiger partial charge in [-0.05, 0) is 49.9 Å². The molecule has 110 valence electrons. The van der Waals surface area contributed by atoms with E-state index in [4.69, 9.17) is 0 Å². The van der Waals surface area contributed by atoms with Gasteiger partial charge in [0.25, 0.3) is 0 Å². The summed E-state index contributed by atoms with van der Waals surface area (Å²) >= 11 is 0. The molecule has 0 bridgehead atoms. The van der Waals surface area contributed by atoms with E-state index in [0.717, 1.165) is 6.04 Å². The van der Waals surface area contributed by atoms with Gasteiger partial charge in [0.05, 0.1) is 6.26 Å². The second-order valence-corrected chi connectivity index (χ2v) is 7.73. The van der Waals surface area contributed by atoms with Crippen LogP contribution in [0, 0.1) is 0 Å². The third kappa shape index (κ3) is 2.99. The summed E-state index contributed by atoms with van der Waals surface area (Å²) in [7, 11) is -3.19. The Balaban J connectivity index is 1.74. The Hall–Kier alpha value is -1.07. The van der Waals surface area contributed by atoms with E-state index in [1.54, 1.807) is 0 Å². The topological polar surface area (TPSA) is 49.4 Å². The van der Waals surface area contributed by atoms with Crippen LogP contribution >= 0.6 is 0 Å². The first-order valence-electron chi connectivity index (χ1n) is 7.36. The fraction of sp³-hybridized carbons (Fsp3) is 0.600. The van der Waals surface area contributed by atoms with Gasteiger partial charge in [-0.25, -0.2) is 8.42 Å². The van der Waals surface area contributed by atoms with E-state index in [1.165, 1.54) is 50.5 Å². The molecule has 2 atom stereocenters. The van der Waals surface area contributed by atoms with E-state index in [1.807, 2.05) is 12.1 Å². The van der Waals surface area contributed by atoms with Gasteiger partial charge in [0.2, 0.25) is 10.0 Å². The van der Waals surface area contributed by atoms with Crippen molar-refractivity contribution >= 4 is 15.7 Å². The number of nitrogens with one attached hydrogen (secondary N) is 1. The van der Waals surface area contributed by atoms with Crippen LogP contribution in [-0.4, -0.2) is 32.2 Å². The molecule has 1 aromatic carbocycles. The first kappa shape index (κ1) is 13.9. The molecule has 2 aliphatic heterocycles. The summed E-state index contributed by atoms with van der Waals surface area (Å²) < 4.78 is 24.9. The third-order valence-corrected chi connectivity index (χ3v) is 5.05. The van der Waals surface area contributed by atoms with Crippen LogP contribution in [0.25, 0.3) is 0 Å². The number of hydrogen-bond acceptors (Lipinski definition) is 3. The molecule has 1 N–H and O–H groups in total. The zero-order valence-electron chi connectivity index (χ0n) is 11.9. The zero-order valence-corrected chi connectivity index (χ0v) is 12.7. The highest BCUT2D eigenvalue weighted by atomic mass is 32.2. The van der Waals surface area contributed by atoms with Crippen LogP contribution in [-0.2, 0) is 10.0 Å². The maximum atomic E-state index is 11.2. The normalized spacial score (nSPS) is 27.2. The average Bonchev–Trinajstić information content (AvgIpc) is 2.82. The Bertz CT molecular complexity index is 568. The van der Waals surface area contributed by atoms with Gasteiger partial charge in [-0.1, -0.05) is 18.6 Å². The Morgan fingerprint density at radius 3 is 2.55 bits per heavy atom. The van der Waals surface area contributed by atoms with Crippen molar-refractivity contribution in [2.45, 2.75) is 44.2 Å². The van der Waals surface area contributed by atoms with Gasteiger partial charge in [0.1, 0.15) is 0 Å². The van der Waals surface area contributed by atoms with Crippen molar-refractivity contribution in [3.05, 3.63) is 29.8 Å². The molecule has 2 fully saturated rings. The minimum absolute atomic E-state index is 0.521. The molecule has 2 saturated heterocycles. The summed E-state index contributed by atoms with van der Waals surface area (Å²) in [5, 5.41) is 0. The molecule has 0 aromatic heterocycles. The lowest BCUT2D eigenvalue weighted by molar-refractivity contribution is 0.150. The number of hydrogen-bond donors (Lipinski definition) is 1. The van der Waals surface area contributed by atoms with Crippen LogP contribution in [0.2, 0.25) is 0 Å². The van der Waals surface area contributed by atoms with Crippen molar-refractivity contribution in [1.82, 2.24) is 4.90 Å². The Morgan fingerprint density at radius 1 is 1.10 bits per heavy atom. The Labute approximate surface area is 121 Å². The van der Waals surface area contributed by atoms with Gasteiger partial charge in [-0.3, -0.25) is 9.62 Å². The molecule has 2 heterocycles. The number of rotatable bonds is 3. The molecule has 1 aromatic rings. The van der Waals surface area contributed by atoms with E-state index in [2.05, 4.69) is 21.8 Å². The zero-order chi connectivity index (χ0) is 14.2. The van der Waals surface area contributed by atoms with Crippen LogP contribution in [0.4, 0.5) is 5.69 Å². The number of fused-ring (bicyclic) bond motifs is 1. The highest BCUT2D eigenvalue weighted by molar-refractivity contribution is 7.92. The molecule has 0 aliphatic carbocycles. The summed E-state index contributed by atoms with van der Waals surface area (Å²) in [6.45, 7) is 1.21. The van der Waals surface area contributed by atoms with Crippen LogP contribution < -0.4 is 4.72 Å². The largest absolute Gasteiger partial charge is 0.293 e. The van der Waals surface area contributed by atoms with Gasteiger partial charge >= 0.3 is 0 Å². The molecular weight excluding hydrogens is 272 g/mol. The Morgan fingerprint density at radius 2 is 1.85 bits per heavy atom. The average molecular weight is 294 g/mol. The fourth-order valence-corrected chi connectivity index (χ4v) is 4.17. The van der Waals surface area contributed by atoms with Crippen molar-refractivity contribution in [3.8, 4) is 0 Å². The van der Waals surface area contributed by atoms with Crippen molar-refractivity contribution in [3.63, 3.8) is 0 Å². The monoisotopic (exact) mass is 294 g/mol. The fourth-order valence-electron chi connectivity index (χ4n) is 3.60. The second kappa shape index (κ2) is 5.37. The van der Waals surface area contributed by atoms with E-state index < -0.39 is 10.0 Å². The van der Waals surface area contributed by atoms with Crippen LogP contribution in [0.3, 0.4) is 0 Å². The Kier molecular flexibility index (Phi) is 3.73. The molecule has 0 radical (unpaired) electrons. The lowest BCUT2D eigenvalue weighted by Gasteiger charge is -2.34. The molecule has 3 rings (SSSR count). The lowest BCUT2D eigenvalue weighted by Crippen LogP contribution is -2.35. The first-order valence-corrected chi connectivity index (χ1v) is 9.25. The van der Waals surface area contributed by atoms with Crippen molar-refractivity contribution in [2.24, 2.45) is 0 Å². The summed E-state index contributed by atoms with van der Waals surface area (Å²) in [5.74, 6) is 0. The van der Waals surface area contributed by atoms with E-state index in [0.29, 0.717) is 11.7 Å². The number of anilines is 1. The molecule has 0 amide bonds. The van der Waals surface area contributed by atoms with Gasteiger partial charge < -0.3 is 0 Å². The summed E-state index contributed by atoms with van der Waals surface area (Å²) in [4.78, 5) is 2.64. The molecule has 0 saturated carbocycles. The van der Waals surface area contributed by atoms with E-state index >= 15 is 0 Å². The predicted molar refractivity (Wildman–Crippen MR) is 81.2 cm³/mol. The van der Waals surface area contributed by atoms with Crippen LogP contribution in [0.1, 0.15) is 43.7 Å². The minimum Gasteiger partial charge on any atom is -0.293 e. The summed E-state index contributed by atoms with van der Waals surface area (Å²) in [6.07, 6.45) is 7.71. The van der Waals surface area contributed by atoms with Crippen molar-refractivity contribution in [2.75, 3.05) is 17.5 Å². The molecular formula is C15H22N2O2S. The smallest absolute Gasteiger partial charge is 0.229 e. The van der Waals surface area contributed by atoms with Gasteiger partial charge in [-0.15, -0.1) is 0 Å². The van der Waals surface area contributed by atoms with Gasteiger partial charge in [0.15, 0.2) is 0 Å².